The number of aldehydes is 1. The Morgan fingerprint density at radius 2 is 1.92 bits per heavy atom. The summed E-state index contributed by atoms with van der Waals surface area (Å²) in [7, 11) is 0. The van der Waals surface area contributed by atoms with Gasteiger partial charge in [-0.2, -0.15) is 0 Å². The van der Waals surface area contributed by atoms with E-state index in [4.69, 9.17) is 9.47 Å². The molecule has 0 unspecified atom stereocenters. The van der Waals surface area contributed by atoms with Crippen LogP contribution < -0.4 is 14.8 Å². The van der Waals surface area contributed by atoms with Crippen LogP contribution in [-0.4, -0.2) is 25.4 Å². The number of carbonyl (C=O) groups is 2. The molecular formula is C20H23NO4. The maximum absolute atomic E-state index is 12.1. The van der Waals surface area contributed by atoms with Gasteiger partial charge in [-0.15, -0.1) is 0 Å². The lowest BCUT2D eigenvalue weighted by molar-refractivity contribution is -0.118. The van der Waals surface area contributed by atoms with E-state index in [-0.39, 0.29) is 12.5 Å². The van der Waals surface area contributed by atoms with Crippen LogP contribution in [0.25, 0.3) is 0 Å². The van der Waals surface area contributed by atoms with Crippen LogP contribution in [0.5, 0.6) is 11.5 Å². The van der Waals surface area contributed by atoms with Crippen LogP contribution in [0, 0.1) is 13.8 Å². The molecule has 0 aliphatic heterocycles. The van der Waals surface area contributed by atoms with Gasteiger partial charge in [-0.3, -0.25) is 9.59 Å². The molecule has 0 aliphatic rings. The van der Waals surface area contributed by atoms with Crippen LogP contribution in [0.4, 0.5) is 5.69 Å². The molecule has 0 radical (unpaired) electrons. The molecule has 0 spiro atoms. The van der Waals surface area contributed by atoms with Gasteiger partial charge in [0.05, 0.1) is 12.2 Å². The van der Waals surface area contributed by atoms with Gasteiger partial charge < -0.3 is 14.8 Å². The third-order valence-corrected chi connectivity index (χ3v) is 3.60. The zero-order valence-corrected chi connectivity index (χ0v) is 14.8. The molecule has 5 nitrogen and oxygen atoms in total. The van der Waals surface area contributed by atoms with Crippen LogP contribution in [0.3, 0.4) is 0 Å². The van der Waals surface area contributed by atoms with Gasteiger partial charge in [0, 0.05) is 11.8 Å². The van der Waals surface area contributed by atoms with E-state index in [2.05, 4.69) is 5.32 Å². The van der Waals surface area contributed by atoms with E-state index in [0.717, 1.165) is 23.2 Å². The van der Waals surface area contributed by atoms with Gasteiger partial charge >= 0.3 is 0 Å². The molecule has 0 bridgehead atoms. The lowest BCUT2D eigenvalue weighted by atomic mass is 10.1. The minimum atomic E-state index is -0.288. The van der Waals surface area contributed by atoms with Crippen molar-refractivity contribution >= 4 is 17.9 Å². The van der Waals surface area contributed by atoms with Crippen molar-refractivity contribution in [1.29, 1.82) is 0 Å². The van der Waals surface area contributed by atoms with Gasteiger partial charge in [0.2, 0.25) is 0 Å². The van der Waals surface area contributed by atoms with Gasteiger partial charge in [-0.1, -0.05) is 24.6 Å². The van der Waals surface area contributed by atoms with E-state index in [1.165, 1.54) is 0 Å². The predicted octanol–water partition coefficient (Wildman–Crippen LogP) is 3.92. The van der Waals surface area contributed by atoms with E-state index in [9.17, 15) is 9.59 Å². The Kier molecular flexibility index (Phi) is 6.57. The maximum atomic E-state index is 12.1. The van der Waals surface area contributed by atoms with Gasteiger partial charge in [0.1, 0.15) is 11.5 Å². The van der Waals surface area contributed by atoms with Crippen molar-refractivity contribution < 1.29 is 19.1 Å². The molecule has 0 saturated heterocycles. The quantitative estimate of drug-likeness (QED) is 0.739. The van der Waals surface area contributed by atoms with Crippen molar-refractivity contribution in [3.05, 3.63) is 53.1 Å². The molecule has 1 N–H and O–H groups in total. The zero-order chi connectivity index (χ0) is 18.2. The highest BCUT2D eigenvalue weighted by molar-refractivity contribution is 5.92. The number of aryl methyl sites for hydroxylation is 2. The van der Waals surface area contributed by atoms with Gasteiger partial charge in [-0.05, 0) is 44.0 Å². The minimum absolute atomic E-state index is 0.189. The highest BCUT2D eigenvalue weighted by Crippen LogP contribution is 2.24. The molecule has 2 rings (SSSR count). The summed E-state index contributed by atoms with van der Waals surface area (Å²) in [6, 6.07) is 10.7. The van der Waals surface area contributed by atoms with Crippen LogP contribution in [0.1, 0.15) is 34.8 Å². The van der Waals surface area contributed by atoms with Crippen molar-refractivity contribution in [1.82, 2.24) is 0 Å². The number of carbonyl (C=O) groups excluding carboxylic acids is 2. The Balaban J connectivity index is 2.01. The van der Waals surface area contributed by atoms with Crippen LogP contribution in [0.2, 0.25) is 0 Å². The number of nitrogens with one attached hydrogen (secondary N) is 1. The summed E-state index contributed by atoms with van der Waals surface area (Å²) in [5.74, 6) is 0.653. The van der Waals surface area contributed by atoms with E-state index < -0.39 is 0 Å². The number of anilines is 1. The molecular weight excluding hydrogens is 318 g/mol. The molecule has 25 heavy (non-hydrogen) atoms. The van der Waals surface area contributed by atoms with Gasteiger partial charge in [-0.25, -0.2) is 0 Å². The van der Waals surface area contributed by atoms with Crippen LogP contribution in [0.15, 0.2) is 36.4 Å². The Morgan fingerprint density at radius 3 is 2.60 bits per heavy atom. The van der Waals surface area contributed by atoms with E-state index >= 15 is 0 Å². The first-order valence-electron chi connectivity index (χ1n) is 8.25. The summed E-state index contributed by atoms with van der Waals surface area (Å²) < 4.78 is 11.1. The molecule has 1 amide bonds. The minimum Gasteiger partial charge on any atom is -0.493 e. The van der Waals surface area contributed by atoms with E-state index in [1.807, 2.05) is 39.0 Å². The van der Waals surface area contributed by atoms with Gasteiger partial charge in [0.15, 0.2) is 12.9 Å². The topological polar surface area (TPSA) is 64.6 Å². The first-order chi connectivity index (χ1) is 12.0. The normalized spacial score (nSPS) is 10.2. The fraction of sp³-hybridized carbons (Fsp3) is 0.300. The van der Waals surface area contributed by atoms with Crippen LogP contribution in [-0.2, 0) is 4.79 Å². The highest BCUT2D eigenvalue weighted by Gasteiger charge is 2.10. The second-order valence-electron chi connectivity index (χ2n) is 5.82. The van der Waals surface area contributed by atoms with Crippen LogP contribution >= 0.6 is 0 Å². The summed E-state index contributed by atoms with van der Waals surface area (Å²) in [5, 5.41) is 2.81. The van der Waals surface area contributed by atoms with E-state index in [1.54, 1.807) is 18.2 Å². The fourth-order valence-electron chi connectivity index (χ4n) is 2.33. The molecule has 0 aromatic heterocycles. The second-order valence-corrected chi connectivity index (χ2v) is 5.82. The molecule has 2 aromatic rings. The molecule has 132 valence electrons. The average molecular weight is 341 g/mol. The largest absolute Gasteiger partial charge is 0.493 e. The molecule has 2 aromatic carbocycles. The summed E-state index contributed by atoms with van der Waals surface area (Å²) in [6.07, 6.45) is 1.57. The number of rotatable bonds is 8. The van der Waals surface area contributed by atoms with Crippen molar-refractivity contribution in [3.8, 4) is 11.5 Å². The maximum Gasteiger partial charge on any atom is 0.262 e. The highest BCUT2D eigenvalue weighted by atomic mass is 16.5. The number of hydrogen-bond acceptors (Lipinski definition) is 4. The lowest BCUT2D eigenvalue weighted by Crippen LogP contribution is -2.21. The van der Waals surface area contributed by atoms with Crippen molar-refractivity contribution in [2.45, 2.75) is 27.2 Å². The number of amides is 1. The average Bonchev–Trinajstić information content (AvgIpc) is 2.60. The molecule has 0 saturated carbocycles. The molecule has 0 atom stereocenters. The summed E-state index contributed by atoms with van der Waals surface area (Å²) in [5.41, 5.74) is 3.24. The van der Waals surface area contributed by atoms with Crippen molar-refractivity contribution in [2.75, 3.05) is 18.5 Å². The van der Waals surface area contributed by atoms with Crippen molar-refractivity contribution in [2.24, 2.45) is 0 Å². The molecule has 0 aliphatic carbocycles. The Labute approximate surface area is 148 Å². The Bertz CT molecular complexity index is 755. The fourth-order valence-corrected chi connectivity index (χ4v) is 2.33. The molecule has 5 heteroatoms. The monoisotopic (exact) mass is 341 g/mol. The Morgan fingerprint density at radius 1 is 1.12 bits per heavy atom. The molecule has 0 heterocycles. The smallest absolute Gasteiger partial charge is 0.262 e. The standard InChI is InChI=1S/C20H23NO4/c1-4-9-24-17-7-6-16(12-22)19(11-17)25-13-20(23)21-18-8-5-14(2)10-15(18)3/h5-8,10-12H,4,9,13H2,1-3H3,(H,21,23). The first-order valence-corrected chi connectivity index (χ1v) is 8.25. The zero-order valence-electron chi connectivity index (χ0n) is 14.8. The third kappa shape index (κ3) is 5.35. The summed E-state index contributed by atoms with van der Waals surface area (Å²) >= 11 is 0. The number of hydrogen-bond donors (Lipinski definition) is 1. The Hall–Kier alpha value is -2.82. The van der Waals surface area contributed by atoms with Crippen molar-refractivity contribution in [3.63, 3.8) is 0 Å². The third-order valence-electron chi connectivity index (χ3n) is 3.60. The summed E-state index contributed by atoms with van der Waals surface area (Å²) in [6.45, 7) is 6.33. The second kappa shape index (κ2) is 8.87. The predicted molar refractivity (Wildman–Crippen MR) is 97.7 cm³/mol. The number of benzene rings is 2. The molecule has 0 fully saturated rings. The SMILES string of the molecule is CCCOc1ccc(C=O)c(OCC(=O)Nc2ccc(C)cc2C)c1. The van der Waals surface area contributed by atoms with E-state index in [0.29, 0.717) is 30.0 Å². The number of ether oxygens (including phenoxy) is 2. The lowest BCUT2D eigenvalue weighted by Gasteiger charge is -2.12. The summed E-state index contributed by atoms with van der Waals surface area (Å²) in [4.78, 5) is 23.3. The first kappa shape index (κ1) is 18.5. The van der Waals surface area contributed by atoms with Gasteiger partial charge in [0.25, 0.3) is 5.91 Å².